The smallest absolute Gasteiger partial charge is 0.409 e. The highest BCUT2D eigenvalue weighted by Crippen LogP contribution is 2.26. The number of nitrogens with zero attached hydrogens (tertiary/aromatic N) is 3. The Morgan fingerprint density at radius 3 is 2.92 bits per heavy atom. The van der Waals surface area contributed by atoms with Crippen LogP contribution >= 0.6 is 0 Å². The SMILES string of the molecule is CN(C)C(=O)OC1CCN(C(=O)Nc2cccnc2-c2ccco2)C1. The molecule has 3 amide bonds. The molecule has 1 unspecified atom stereocenters. The topological polar surface area (TPSA) is 87.9 Å². The Hall–Kier alpha value is -3.03. The van der Waals surface area contributed by atoms with E-state index in [0.717, 1.165) is 0 Å². The van der Waals surface area contributed by atoms with Gasteiger partial charge in [0.2, 0.25) is 0 Å². The van der Waals surface area contributed by atoms with E-state index in [4.69, 9.17) is 9.15 Å². The Labute approximate surface area is 145 Å². The van der Waals surface area contributed by atoms with E-state index in [1.807, 2.05) is 0 Å². The molecule has 0 bridgehead atoms. The van der Waals surface area contributed by atoms with Gasteiger partial charge in [-0.05, 0) is 24.3 Å². The fourth-order valence-corrected chi connectivity index (χ4v) is 2.57. The molecule has 3 heterocycles. The molecule has 1 aliphatic heterocycles. The minimum atomic E-state index is -0.403. The summed E-state index contributed by atoms with van der Waals surface area (Å²) in [5.74, 6) is 0.579. The van der Waals surface area contributed by atoms with Crippen LogP contribution < -0.4 is 5.32 Å². The second-order valence-corrected chi connectivity index (χ2v) is 5.94. The zero-order chi connectivity index (χ0) is 17.8. The number of anilines is 1. The summed E-state index contributed by atoms with van der Waals surface area (Å²) in [5.41, 5.74) is 1.13. The fourth-order valence-electron chi connectivity index (χ4n) is 2.57. The lowest BCUT2D eigenvalue weighted by atomic mass is 10.2. The number of nitrogens with one attached hydrogen (secondary N) is 1. The number of pyridine rings is 1. The van der Waals surface area contributed by atoms with Gasteiger partial charge < -0.3 is 24.3 Å². The lowest BCUT2D eigenvalue weighted by Gasteiger charge is -2.19. The van der Waals surface area contributed by atoms with Crippen LogP contribution in [-0.4, -0.2) is 60.2 Å². The van der Waals surface area contributed by atoms with Crippen molar-refractivity contribution < 1.29 is 18.7 Å². The van der Waals surface area contributed by atoms with E-state index in [1.165, 1.54) is 4.90 Å². The third-order valence-electron chi connectivity index (χ3n) is 3.87. The summed E-state index contributed by atoms with van der Waals surface area (Å²) in [5, 5.41) is 2.85. The molecule has 0 aliphatic carbocycles. The van der Waals surface area contributed by atoms with Crippen LogP contribution in [0.15, 0.2) is 41.1 Å². The lowest BCUT2D eigenvalue weighted by Crippen LogP contribution is -2.35. The second-order valence-electron chi connectivity index (χ2n) is 5.94. The van der Waals surface area contributed by atoms with Crippen molar-refractivity contribution in [1.82, 2.24) is 14.8 Å². The van der Waals surface area contributed by atoms with Crippen molar-refractivity contribution in [1.29, 1.82) is 0 Å². The van der Waals surface area contributed by atoms with Crippen LogP contribution in [0, 0.1) is 0 Å². The highest BCUT2D eigenvalue weighted by Gasteiger charge is 2.29. The Balaban J connectivity index is 1.63. The molecule has 1 aliphatic rings. The number of urea groups is 1. The minimum Gasteiger partial charge on any atom is -0.463 e. The summed E-state index contributed by atoms with van der Waals surface area (Å²) in [4.78, 5) is 31.4. The van der Waals surface area contributed by atoms with Crippen LogP contribution in [0.4, 0.5) is 15.3 Å². The maximum atomic E-state index is 12.5. The van der Waals surface area contributed by atoms with Crippen LogP contribution in [0.3, 0.4) is 0 Å². The van der Waals surface area contributed by atoms with Crippen molar-refractivity contribution in [2.45, 2.75) is 12.5 Å². The first-order chi connectivity index (χ1) is 12.0. The van der Waals surface area contributed by atoms with Gasteiger partial charge in [-0.1, -0.05) is 0 Å². The first kappa shape index (κ1) is 16.8. The summed E-state index contributed by atoms with van der Waals surface area (Å²) in [6.45, 7) is 0.884. The molecule has 8 heteroatoms. The number of rotatable bonds is 3. The lowest BCUT2D eigenvalue weighted by molar-refractivity contribution is 0.0794. The van der Waals surface area contributed by atoms with Crippen molar-refractivity contribution in [2.75, 3.05) is 32.5 Å². The number of carbonyl (C=O) groups excluding carboxylic acids is 2. The molecule has 1 atom stereocenters. The van der Waals surface area contributed by atoms with Crippen LogP contribution in [0.2, 0.25) is 0 Å². The molecule has 1 fully saturated rings. The predicted molar refractivity (Wildman–Crippen MR) is 91.1 cm³/mol. The highest BCUT2D eigenvalue weighted by atomic mass is 16.6. The fraction of sp³-hybridized carbons (Fsp3) is 0.353. The largest absolute Gasteiger partial charge is 0.463 e. The Bertz CT molecular complexity index is 745. The molecule has 0 saturated carbocycles. The molecule has 2 aromatic heterocycles. The molecular formula is C17H20N4O4. The van der Waals surface area contributed by atoms with Crippen molar-refractivity contribution in [3.63, 3.8) is 0 Å². The van der Waals surface area contributed by atoms with Gasteiger partial charge in [-0.2, -0.15) is 0 Å². The molecule has 25 heavy (non-hydrogen) atoms. The van der Waals surface area contributed by atoms with Gasteiger partial charge in [0.05, 0.1) is 18.5 Å². The predicted octanol–water partition coefficient (Wildman–Crippen LogP) is 2.65. The average Bonchev–Trinajstić information content (AvgIpc) is 3.27. The van der Waals surface area contributed by atoms with Crippen molar-refractivity contribution in [2.24, 2.45) is 0 Å². The van der Waals surface area contributed by atoms with Crippen LogP contribution in [-0.2, 0) is 4.74 Å². The number of likely N-dealkylation sites (tertiary alicyclic amines) is 1. The Morgan fingerprint density at radius 1 is 1.36 bits per heavy atom. The third kappa shape index (κ3) is 3.90. The zero-order valence-electron chi connectivity index (χ0n) is 14.1. The van der Waals surface area contributed by atoms with Crippen LogP contribution in [0.25, 0.3) is 11.5 Å². The van der Waals surface area contributed by atoms with Crippen molar-refractivity contribution in [3.8, 4) is 11.5 Å². The minimum absolute atomic E-state index is 0.260. The first-order valence-electron chi connectivity index (χ1n) is 7.97. The van der Waals surface area contributed by atoms with Gasteiger partial charge in [0.25, 0.3) is 0 Å². The van der Waals surface area contributed by atoms with E-state index in [9.17, 15) is 9.59 Å². The maximum Gasteiger partial charge on any atom is 0.409 e. The number of ether oxygens (including phenoxy) is 1. The van der Waals surface area contributed by atoms with E-state index in [0.29, 0.717) is 36.7 Å². The number of hydrogen-bond acceptors (Lipinski definition) is 5. The Kier molecular flexibility index (Phi) is 4.87. The second kappa shape index (κ2) is 7.25. The summed E-state index contributed by atoms with van der Waals surface area (Å²) in [7, 11) is 3.25. The van der Waals surface area contributed by atoms with Gasteiger partial charge in [0, 0.05) is 33.3 Å². The highest BCUT2D eigenvalue weighted by molar-refractivity contribution is 5.93. The average molecular weight is 344 g/mol. The van der Waals surface area contributed by atoms with Gasteiger partial charge in [-0.25, -0.2) is 9.59 Å². The number of carbonyl (C=O) groups is 2. The molecule has 1 N–H and O–H groups in total. The van der Waals surface area contributed by atoms with Gasteiger partial charge in [-0.15, -0.1) is 0 Å². The molecule has 0 radical (unpaired) electrons. The van der Waals surface area contributed by atoms with E-state index < -0.39 is 6.09 Å². The first-order valence-corrected chi connectivity index (χ1v) is 7.97. The maximum absolute atomic E-state index is 12.5. The molecule has 2 aromatic rings. The normalized spacial score (nSPS) is 16.6. The van der Waals surface area contributed by atoms with Gasteiger partial charge in [0.1, 0.15) is 11.8 Å². The van der Waals surface area contributed by atoms with E-state index in [2.05, 4.69) is 10.3 Å². The molecular weight excluding hydrogens is 324 g/mol. The molecule has 0 aromatic carbocycles. The number of amides is 3. The van der Waals surface area contributed by atoms with E-state index >= 15 is 0 Å². The zero-order valence-corrected chi connectivity index (χ0v) is 14.1. The molecule has 8 nitrogen and oxygen atoms in total. The molecule has 0 spiro atoms. The standard InChI is InChI=1S/C17H20N4O4/c1-20(2)17(23)25-12-7-9-21(11-12)16(22)19-13-5-3-8-18-15(13)14-6-4-10-24-14/h3-6,8,10,12H,7,9,11H2,1-2H3,(H,19,22). The van der Waals surface area contributed by atoms with E-state index in [1.54, 1.807) is 55.7 Å². The quantitative estimate of drug-likeness (QED) is 0.925. The summed E-state index contributed by atoms with van der Waals surface area (Å²) >= 11 is 0. The van der Waals surface area contributed by atoms with Crippen molar-refractivity contribution in [3.05, 3.63) is 36.7 Å². The summed E-state index contributed by atoms with van der Waals surface area (Å²) < 4.78 is 10.7. The van der Waals surface area contributed by atoms with Crippen LogP contribution in [0.5, 0.6) is 0 Å². The molecule has 132 valence electrons. The van der Waals surface area contributed by atoms with Crippen LogP contribution in [0.1, 0.15) is 6.42 Å². The van der Waals surface area contributed by atoms with Crippen molar-refractivity contribution >= 4 is 17.8 Å². The third-order valence-corrected chi connectivity index (χ3v) is 3.87. The van der Waals surface area contributed by atoms with E-state index in [-0.39, 0.29) is 12.1 Å². The number of aromatic nitrogens is 1. The van der Waals surface area contributed by atoms with Gasteiger partial charge in [-0.3, -0.25) is 4.98 Å². The van der Waals surface area contributed by atoms with Gasteiger partial charge >= 0.3 is 12.1 Å². The number of furan rings is 1. The molecule has 3 rings (SSSR count). The molecule has 1 saturated heterocycles. The Morgan fingerprint density at radius 2 is 2.20 bits per heavy atom. The number of hydrogen-bond donors (Lipinski definition) is 1. The monoisotopic (exact) mass is 344 g/mol. The summed E-state index contributed by atoms with van der Waals surface area (Å²) in [6, 6.07) is 6.80. The summed E-state index contributed by atoms with van der Waals surface area (Å²) in [6.07, 6.45) is 3.11. The van der Waals surface area contributed by atoms with Gasteiger partial charge in [0.15, 0.2) is 5.76 Å².